The first-order valence-electron chi connectivity index (χ1n) is 7.43. The topological polar surface area (TPSA) is 24.9 Å². The van der Waals surface area contributed by atoms with Gasteiger partial charge in [0.15, 0.2) is 0 Å². The highest BCUT2D eigenvalue weighted by Gasteiger charge is 2.13. The van der Waals surface area contributed by atoms with E-state index in [4.69, 9.17) is 0 Å². The van der Waals surface area contributed by atoms with E-state index in [1.807, 2.05) is 12.3 Å². The molecule has 1 heterocycles. The van der Waals surface area contributed by atoms with Crippen molar-refractivity contribution in [3.8, 4) is 0 Å². The van der Waals surface area contributed by atoms with Crippen LogP contribution in [-0.2, 0) is 6.42 Å². The number of nitrogens with one attached hydrogen (secondary N) is 1. The van der Waals surface area contributed by atoms with E-state index in [0.29, 0.717) is 6.04 Å². The molecule has 0 saturated carbocycles. The molecule has 0 fully saturated rings. The van der Waals surface area contributed by atoms with E-state index in [0.717, 1.165) is 18.9 Å². The average Bonchev–Trinajstić information content (AvgIpc) is 2.43. The molecule has 0 saturated heterocycles. The van der Waals surface area contributed by atoms with Crippen LogP contribution in [0.4, 0.5) is 0 Å². The van der Waals surface area contributed by atoms with Crippen LogP contribution in [0.5, 0.6) is 0 Å². The number of nitrogens with zero attached hydrogens (tertiary/aromatic N) is 1. The van der Waals surface area contributed by atoms with Crippen LogP contribution in [0.25, 0.3) is 0 Å². The minimum Gasteiger partial charge on any atom is -0.314 e. The van der Waals surface area contributed by atoms with E-state index >= 15 is 0 Å². The molecule has 2 nitrogen and oxygen atoms in total. The lowest BCUT2D eigenvalue weighted by Crippen LogP contribution is -2.31. The van der Waals surface area contributed by atoms with Crippen LogP contribution in [0.15, 0.2) is 24.4 Å². The Balaban J connectivity index is 2.42. The molecule has 0 amide bonds. The molecule has 0 spiro atoms. The molecule has 1 aromatic heterocycles. The van der Waals surface area contributed by atoms with Gasteiger partial charge in [-0.15, -0.1) is 0 Å². The molecule has 1 aromatic rings. The van der Waals surface area contributed by atoms with Gasteiger partial charge in [0, 0.05) is 17.9 Å². The molecule has 1 atom stereocenters. The fourth-order valence-corrected chi connectivity index (χ4v) is 2.48. The van der Waals surface area contributed by atoms with Crippen molar-refractivity contribution < 1.29 is 0 Å². The predicted octanol–water partition coefficient (Wildman–Crippen LogP) is 3.82. The van der Waals surface area contributed by atoms with Gasteiger partial charge in [-0.3, -0.25) is 4.98 Å². The first-order valence-corrected chi connectivity index (χ1v) is 7.43. The van der Waals surface area contributed by atoms with Crippen molar-refractivity contribution in [3.63, 3.8) is 0 Å². The number of aromatic nitrogens is 1. The van der Waals surface area contributed by atoms with Gasteiger partial charge in [-0.25, -0.2) is 0 Å². The summed E-state index contributed by atoms with van der Waals surface area (Å²) in [6, 6.07) is 6.82. The molecule has 102 valence electrons. The van der Waals surface area contributed by atoms with E-state index < -0.39 is 0 Å². The summed E-state index contributed by atoms with van der Waals surface area (Å²) >= 11 is 0. The zero-order chi connectivity index (χ0) is 13.2. The van der Waals surface area contributed by atoms with E-state index in [-0.39, 0.29) is 0 Å². The smallest absolute Gasteiger partial charge is 0.0404 e. The van der Waals surface area contributed by atoms with E-state index in [9.17, 15) is 0 Å². The number of aryl methyl sites for hydroxylation is 1. The van der Waals surface area contributed by atoms with Crippen LogP contribution in [0, 0.1) is 5.92 Å². The van der Waals surface area contributed by atoms with Gasteiger partial charge < -0.3 is 5.32 Å². The molecule has 18 heavy (non-hydrogen) atoms. The normalized spacial score (nSPS) is 12.9. The number of hydrogen-bond donors (Lipinski definition) is 1. The fraction of sp³-hybridized carbons (Fsp3) is 0.688. The molecular weight excluding hydrogens is 220 g/mol. The lowest BCUT2D eigenvalue weighted by molar-refractivity contribution is 0.355. The maximum absolute atomic E-state index is 4.40. The Bertz CT molecular complexity index is 293. The lowest BCUT2D eigenvalue weighted by atomic mass is 9.92. The Kier molecular flexibility index (Phi) is 7.66. The summed E-state index contributed by atoms with van der Waals surface area (Å²) in [4.78, 5) is 4.40. The summed E-state index contributed by atoms with van der Waals surface area (Å²) in [6.07, 6.45) is 8.05. The van der Waals surface area contributed by atoms with Crippen LogP contribution in [0.2, 0.25) is 0 Å². The fourth-order valence-electron chi connectivity index (χ4n) is 2.48. The molecular formula is C16H28N2. The number of hydrogen-bond acceptors (Lipinski definition) is 2. The lowest BCUT2D eigenvalue weighted by Gasteiger charge is -2.22. The van der Waals surface area contributed by atoms with Crippen molar-refractivity contribution in [2.45, 2.75) is 58.9 Å². The first kappa shape index (κ1) is 15.2. The van der Waals surface area contributed by atoms with E-state index in [2.05, 4.69) is 43.2 Å². The van der Waals surface area contributed by atoms with Gasteiger partial charge in [0.25, 0.3) is 0 Å². The van der Waals surface area contributed by atoms with Crippen LogP contribution >= 0.6 is 0 Å². The summed E-state index contributed by atoms with van der Waals surface area (Å²) < 4.78 is 0. The van der Waals surface area contributed by atoms with Gasteiger partial charge in [0.1, 0.15) is 0 Å². The highest BCUT2D eigenvalue weighted by molar-refractivity contribution is 5.03. The summed E-state index contributed by atoms with van der Waals surface area (Å²) in [6.45, 7) is 7.86. The Hall–Kier alpha value is -0.890. The van der Waals surface area contributed by atoms with Gasteiger partial charge >= 0.3 is 0 Å². The number of rotatable bonds is 9. The van der Waals surface area contributed by atoms with Gasteiger partial charge in [-0.05, 0) is 43.9 Å². The first-order chi connectivity index (χ1) is 8.80. The minimum atomic E-state index is 0.641. The summed E-state index contributed by atoms with van der Waals surface area (Å²) in [5.41, 5.74) is 1.21. The third kappa shape index (κ3) is 5.63. The minimum absolute atomic E-state index is 0.641. The van der Waals surface area contributed by atoms with Crippen LogP contribution in [0.3, 0.4) is 0 Å². The average molecular weight is 248 g/mol. The third-order valence-electron chi connectivity index (χ3n) is 3.74. The quantitative estimate of drug-likeness (QED) is 0.718. The monoisotopic (exact) mass is 248 g/mol. The molecule has 2 heteroatoms. The Morgan fingerprint density at radius 1 is 1.17 bits per heavy atom. The van der Waals surface area contributed by atoms with Crippen LogP contribution in [0.1, 0.15) is 52.1 Å². The van der Waals surface area contributed by atoms with Crippen molar-refractivity contribution in [2.75, 3.05) is 6.54 Å². The van der Waals surface area contributed by atoms with Crippen molar-refractivity contribution >= 4 is 0 Å². The Morgan fingerprint density at radius 3 is 2.50 bits per heavy atom. The second-order valence-electron chi connectivity index (χ2n) is 5.03. The Labute approximate surface area is 112 Å². The SMILES string of the molecule is CCNC(CCc1ccccn1)CC(CC)CC. The molecule has 1 rings (SSSR count). The molecule has 1 N–H and O–H groups in total. The van der Waals surface area contributed by atoms with Crippen molar-refractivity contribution in [3.05, 3.63) is 30.1 Å². The zero-order valence-corrected chi connectivity index (χ0v) is 12.2. The molecule has 0 aromatic carbocycles. The Morgan fingerprint density at radius 2 is 1.94 bits per heavy atom. The standard InChI is InChI=1S/C16H28N2/c1-4-14(5-2)13-16(17-6-3)11-10-15-9-7-8-12-18-15/h7-9,12,14,16-17H,4-6,10-11,13H2,1-3H3. The summed E-state index contributed by atoms with van der Waals surface area (Å²) in [5.74, 6) is 0.859. The molecule has 0 radical (unpaired) electrons. The summed E-state index contributed by atoms with van der Waals surface area (Å²) in [5, 5.41) is 3.62. The maximum atomic E-state index is 4.40. The van der Waals surface area contributed by atoms with Crippen LogP contribution in [-0.4, -0.2) is 17.6 Å². The highest BCUT2D eigenvalue weighted by Crippen LogP contribution is 2.17. The largest absolute Gasteiger partial charge is 0.314 e. The van der Waals surface area contributed by atoms with Gasteiger partial charge in [0.05, 0.1) is 0 Å². The van der Waals surface area contributed by atoms with E-state index in [1.165, 1.54) is 31.4 Å². The summed E-state index contributed by atoms with van der Waals surface area (Å²) in [7, 11) is 0. The molecule has 1 unspecified atom stereocenters. The molecule has 0 aliphatic carbocycles. The molecule has 0 bridgehead atoms. The zero-order valence-electron chi connectivity index (χ0n) is 12.2. The van der Waals surface area contributed by atoms with Crippen molar-refractivity contribution in [2.24, 2.45) is 5.92 Å². The van der Waals surface area contributed by atoms with E-state index in [1.54, 1.807) is 0 Å². The van der Waals surface area contributed by atoms with Gasteiger partial charge in [0.2, 0.25) is 0 Å². The second kappa shape index (κ2) is 9.09. The van der Waals surface area contributed by atoms with Gasteiger partial charge in [-0.2, -0.15) is 0 Å². The van der Waals surface area contributed by atoms with Crippen LogP contribution < -0.4 is 5.32 Å². The maximum Gasteiger partial charge on any atom is 0.0404 e. The predicted molar refractivity (Wildman–Crippen MR) is 78.7 cm³/mol. The molecule has 0 aliphatic rings. The molecule has 0 aliphatic heterocycles. The second-order valence-corrected chi connectivity index (χ2v) is 5.03. The van der Waals surface area contributed by atoms with Gasteiger partial charge in [-0.1, -0.05) is 39.7 Å². The highest BCUT2D eigenvalue weighted by atomic mass is 14.9. The number of pyridine rings is 1. The van der Waals surface area contributed by atoms with Crippen molar-refractivity contribution in [1.29, 1.82) is 0 Å². The van der Waals surface area contributed by atoms with Crippen molar-refractivity contribution in [1.82, 2.24) is 10.3 Å². The third-order valence-corrected chi connectivity index (χ3v) is 3.74.